The lowest BCUT2D eigenvalue weighted by Crippen LogP contribution is -2.55. The lowest BCUT2D eigenvalue weighted by molar-refractivity contribution is 0.332. The molecule has 0 radical (unpaired) electrons. The van der Waals surface area contributed by atoms with Crippen LogP contribution in [0.15, 0.2) is 158 Å². The lowest BCUT2D eigenvalue weighted by Gasteiger charge is -2.44. The van der Waals surface area contributed by atoms with Crippen LogP contribution in [0, 0.1) is 0 Å². The molecule has 2 aromatic heterocycles. The zero-order chi connectivity index (χ0) is 46.9. The quantitative estimate of drug-likeness (QED) is 0.163. The van der Waals surface area contributed by atoms with Gasteiger partial charge in [-0.25, -0.2) is 0 Å². The van der Waals surface area contributed by atoms with Gasteiger partial charge < -0.3 is 14.3 Å². The average Bonchev–Trinajstić information content (AvgIpc) is 3.90. The van der Waals surface area contributed by atoms with Gasteiger partial charge in [-0.15, -0.1) is 11.3 Å². The Morgan fingerprint density at radius 3 is 1.80 bits per heavy atom. The SMILES string of the molecule is CC1(C)CCC(C)(C)c2cc(N3c4cc(N(c5ccccc5)c5ccccc5)cc5c4B(c4sc6cc7c(cc6c43)C(C)(C)CCC7(C)C)n3c4ccc6ccccc6c4c4cccc-5c43)ccc21. The number of hydrogen-bond acceptors (Lipinski definition) is 3. The van der Waals surface area contributed by atoms with Gasteiger partial charge >= 0.3 is 6.85 Å². The predicted molar refractivity (Wildman–Crippen MR) is 298 cm³/mol. The van der Waals surface area contributed by atoms with Gasteiger partial charge in [-0.05, 0) is 158 Å². The van der Waals surface area contributed by atoms with E-state index in [0.29, 0.717) is 0 Å². The molecule has 2 aliphatic carbocycles. The molecule has 0 amide bonds. The van der Waals surface area contributed by atoms with E-state index in [1.54, 1.807) is 0 Å². The second-order valence-corrected chi connectivity index (χ2v) is 24.5. The summed E-state index contributed by atoms with van der Waals surface area (Å²) in [5.74, 6) is 0. The maximum atomic E-state index is 2.77. The fourth-order valence-electron chi connectivity index (χ4n) is 13.5. The first-order valence-corrected chi connectivity index (χ1v) is 26.1. The number of para-hydroxylation sites is 3. The molecule has 10 aromatic rings. The van der Waals surface area contributed by atoms with Gasteiger partial charge in [-0.2, -0.15) is 0 Å². The summed E-state index contributed by atoms with van der Waals surface area (Å²) in [4.78, 5) is 5.21. The Balaban J connectivity index is 1.17. The fourth-order valence-corrected chi connectivity index (χ4v) is 14.8. The zero-order valence-electron chi connectivity index (χ0n) is 41.2. The fraction of sp³-hybridized carbons (Fsp3) is 0.250. The first-order valence-electron chi connectivity index (χ1n) is 25.3. The Labute approximate surface area is 411 Å². The highest BCUT2D eigenvalue weighted by atomic mass is 32.1. The van der Waals surface area contributed by atoms with E-state index >= 15 is 0 Å². The van der Waals surface area contributed by atoms with Crippen molar-refractivity contribution < 1.29 is 0 Å². The summed E-state index contributed by atoms with van der Waals surface area (Å²) < 4.78 is 5.57. The number of rotatable bonds is 4. The summed E-state index contributed by atoms with van der Waals surface area (Å²) in [6.07, 6.45) is 4.72. The molecule has 3 nitrogen and oxygen atoms in total. The topological polar surface area (TPSA) is 11.4 Å². The lowest BCUT2D eigenvalue weighted by atomic mass is 9.48. The number of thiophene rings is 1. The molecule has 2 aliphatic heterocycles. The number of nitrogens with zero attached hydrogens (tertiary/aromatic N) is 3. The van der Waals surface area contributed by atoms with Crippen molar-refractivity contribution in [1.82, 2.24) is 4.48 Å². The molecule has 0 saturated carbocycles. The van der Waals surface area contributed by atoms with Crippen LogP contribution in [0.1, 0.15) is 103 Å². The Bertz CT molecular complexity index is 3770. The molecule has 8 aromatic carbocycles. The number of benzene rings is 8. The second-order valence-electron chi connectivity index (χ2n) is 23.4. The highest BCUT2D eigenvalue weighted by Gasteiger charge is 2.47. The third-order valence-electron chi connectivity index (χ3n) is 17.4. The Kier molecular flexibility index (Phi) is 8.43. The standard InChI is InChI=1S/C64H58BN3S/c1-61(2)30-31-62(3,4)50-35-42(27-28-49(50)61)67-54-36-43(66(40-19-11-9-12-20-40)41-21-13-10-14-22-41)34-47-45-24-17-25-46-56-44-23-16-15-18-39(44)26-29-53(56)68(58(45)46)65(57(47)54)60-59(67)48-37-51-52(38-55(48)69-60)64(7,8)33-32-63(51,5)6/h9-29,34-38H,30-33H2,1-8H3. The predicted octanol–water partition coefficient (Wildman–Crippen LogP) is 16.7. The van der Waals surface area contributed by atoms with E-state index in [9.17, 15) is 0 Å². The van der Waals surface area contributed by atoms with Crippen molar-refractivity contribution >= 4 is 105 Å². The van der Waals surface area contributed by atoms with Crippen molar-refractivity contribution in [2.75, 3.05) is 9.80 Å². The molecule has 69 heavy (non-hydrogen) atoms. The van der Waals surface area contributed by atoms with Crippen LogP contribution in [0.3, 0.4) is 0 Å². The third-order valence-corrected chi connectivity index (χ3v) is 18.6. The maximum Gasteiger partial charge on any atom is 0.343 e. The number of anilines is 6. The molecule has 0 N–H and O–H groups in total. The van der Waals surface area contributed by atoms with Gasteiger partial charge in [-0.3, -0.25) is 0 Å². The van der Waals surface area contributed by atoms with Crippen LogP contribution in [0.25, 0.3) is 53.8 Å². The smallest absolute Gasteiger partial charge is 0.343 e. The normalized spacial score (nSPS) is 17.7. The highest BCUT2D eigenvalue weighted by Crippen LogP contribution is 2.55. The number of aromatic nitrogens is 1. The zero-order valence-corrected chi connectivity index (χ0v) is 42.0. The van der Waals surface area contributed by atoms with Crippen LogP contribution in [-0.4, -0.2) is 11.3 Å². The van der Waals surface area contributed by atoms with Crippen LogP contribution in [0.4, 0.5) is 34.1 Å². The van der Waals surface area contributed by atoms with E-state index in [1.807, 2.05) is 11.3 Å². The second kappa shape index (κ2) is 14.0. The molecule has 0 spiro atoms. The van der Waals surface area contributed by atoms with Crippen LogP contribution in [0.2, 0.25) is 0 Å². The van der Waals surface area contributed by atoms with E-state index < -0.39 is 0 Å². The first-order chi connectivity index (χ1) is 33.2. The molecule has 14 rings (SSSR count). The molecule has 0 unspecified atom stereocenters. The number of hydrogen-bond donors (Lipinski definition) is 0. The van der Waals surface area contributed by atoms with Gasteiger partial charge in [-0.1, -0.05) is 146 Å². The van der Waals surface area contributed by atoms with Gasteiger partial charge in [0.1, 0.15) is 0 Å². The average molecular weight is 912 g/mol. The molecule has 0 saturated heterocycles. The van der Waals surface area contributed by atoms with Gasteiger partial charge in [0.05, 0.1) is 5.69 Å². The van der Waals surface area contributed by atoms with Gasteiger partial charge in [0, 0.05) is 70.7 Å². The van der Waals surface area contributed by atoms with E-state index in [4.69, 9.17) is 0 Å². The van der Waals surface area contributed by atoms with Crippen molar-refractivity contribution in [2.24, 2.45) is 0 Å². The summed E-state index contributed by atoms with van der Waals surface area (Å²) in [7, 11) is 0. The van der Waals surface area contributed by atoms with E-state index in [2.05, 4.69) is 227 Å². The molecule has 0 fully saturated rings. The Morgan fingerprint density at radius 2 is 1.10 bits per heavy atom. The Hall–Kier alpha value is -6.56. The molecule has 0 bridgehead atoms. The van der Waals surface area contributed by atoms with Crippen LogP contribution >= 0.6 is 11.3 Å². The van der Waals surface area contributed by atoms with Gasteiger partial charge in [0.25, 0.3) is 0 Å². The summed E-state index contributed by atoms with van der Waals surface area (Å²) >= 11 is 2.04. The van der Waals surface area contributed by atoms with Crippen molar-refractivity contribution in [1.29, 1.82) is 0 Å². The van der Waals surface area contributed by atoms with E-state index in [1.165, 1.54) is 129 Å². The Morgan fingerprint density at radius 1 is 0.493 bits per heavy atom. The van der Waals surface area contributed by atoms with Crippen LogP contribution < -0.4 is 20.0 Å². The molecule has 5 heteroatoms. The summed E-state index contributed by atoms with van der Waals surface area (Å²) in [6, 6.07) is 60.8. The molecule has 4 heterocycles. The first kappa shape index (κ1) is 41.4. The van der Waals surface area contributed by atoms with E-state index in [-0.39, 0.29) is 28.5 Å². The minimum absolute atomic E-state index is 0.0447. The molecule has 338 valence electrons. The number of fused-ring (bicyclic) bond motifs is 13. The molecule has 4 aliphatic rings. The minimum Gasteiger partial charge on any atom is -0.375 e. The van der Waals surface area contributed by atoms with Crippen LogP contribution in [-0.2, 0) is 21.7 Å². The molecular formula is C64H58BN3S. The summed E-state index contributed by atoms with van der Waals surface area (Å²) in [5.41, 5.74) is 20.2. The van der Waals surface area contributed by atoms with Crippen molar-refractivity contribution in [3.63, 3.8) is 0 Å². The monoisotopic (exact) mass is 911 g/mol. The summed E-state index contributed by atoms with van der Waals surface area (Å²) in [6.45, 7) is 19.7. The largest absolute Gasteiger partial charge is 0.375 e. The van der Waals surface area contributed by atoms with E-state index in [0.717, 1.165) is 17.1 Å². The molecule has 0 atom stereocenters. The van der Waals surface area contributed by atoms with Crippen molar-refractivity contribution in [3.05, 3.63) is 180 Å². The van der Waals surface area contributed by atoms with Crippen molar-refractivity contribution in [3.8, 4) is 11.1 Å². The minimum atomic E-state index is -0.0447. The highest BCUT2D eigenvalue weighted by molar-refractivity contribution is 7.32. The molecular weight excluding hydrogens is 854 g/mol. The van der Waals surface area contributed by atoms with Gasteiger partial charge in [0.2, 0.25) is 0 Å². The summed E-state index contributed by atoms with van der Waals surface area (Å²) in [5, 5.41) is 6.63. The maximum absolute atomic E-state index is 2.77. The van der Waals surface area contributed by atoms with Gasteiger partial charge in [0.15, 0.2) is 0 Å². The van der Waals surface area contributed by atoms with Crippen LogP contribution in [0.5, 0.6) is 0 Å². The van der Waals surface area contributed by atoms with Crippen molar-refractivity contribution in [2.45, 2.75) is 103 Å². The third kappa shape index (κ3) is 5.74.